The van der Waals surface area contributed by atoms with E-state index in [4.69, 9.17) is 4.42 Å². The average molecular weight is 364 g/mol. The van der Waals surface area contributed by atoms with E-state index in [1.807, 2.05) is 0 Å². The smallest absolute Gasteiger partial charge is 0.351 e. The molecular formula is C17H20N2O5S. The molecular weight excluding hydrogens is 344 g/mol. The average Bonchev–Trinajstić information content (AvgIpc) is 3.01. The Bertz CT molecular complexity index is 850. The second-order valence-electron chi connectivity index (χ2n) is 6.11. The number of thiophene rings is 1. The third-order valence-electron chi connectivity index (χ3n) is 4.50. The van der Waals surface area contributed by atoms with Crippen LogP contribution in [0.1, 0.15) is 42.5 Å². The van der Waals surface area contributed by atoms with Crippen LogP contribution < -0.4 is 10.9 Å². The number of fused-ring (bicyclic) bond motifs is 1. The van der Waals surface area contributed by atoms with Crippen molar-refractivity contribution < 1.29 is 18.7 Å². The second-order valence-corrected chi connectivity index (χ2v) is 7.19. The van der Waals surface area contributed by atoms with E-state index < -0.39 is 11.6 Å². The van der Waals surface area contributed by atoms with Crippen LogP contribution in [0.5, 0.6) is 0 Å². The van der Waals surface area contributed by atoms with Gasteiger partial charge in [-0.2, -0.15) is 0 Å². The summed E-state index contributed by atoms with van der Waals surface area (Å²) in [5, 5.41) is 3.40. The Kier molecular flexibility index (Phi) is 5.08. The summed E-state index contributed by atoms with van der Waals surface area (Å²) in [5.74, 6) is -0.744. The third kappa shape index (κ3) is 3.68. The monoisotopic (exact) mass is 364 g/mol. The Morgan fingerprint density at radius 2 is 2.00 bits per heavy atom. The normalized spacial score (nSPS) is 15.1. The molecule has 2 aromatic heterocycles. The van der Waals surface area contributed by atoms with Crippen molar-refractivity contribution in [2.24, 2.45) is 0 Å². The minimum absolute atomic E-state index is 0.158. The number of urea groups is 1. The molecule has 0 aliphatic heterocycles. The molecule has 2 heterocycles. The van der Waals surface area contributed by atoms with Gasteiger partial charge in [0.05, 0.1) is 11.8 Å². The lowest BCUT2D eigenvalue weighted by atomic mass is 9.95. The van der Waals surface area contributed by atoms with Gasteiger partial charge in [-0.15, -0.1) is 11.3 Å². The number of amides is 2. The molecule has 0 spiro atoms. The first kappa shape index (κ1) is 17.5. The molecule has 7 nitrogen and oxygen atoms in total. The number of esters is 1. The molecule has 0 saturated heterocycles. The minimum Gasteiger partial charge on any atom is -0.465 e. The van der Waals surface area contributed by atoms with Gasteiger partial charge < -0.3 is 14.1 Å². The van der Waals surface area contributed by atoms with Gasteiger partial charge in [0.2, 0.25) is 0 Å². The number of anilines is 1. The van der Waals surface area contributed by atoms with Crippen molar-refractivity contribution in [2.45, 2.75) is 38.1 Å². The molecule has 1 fully saturated rings. The second kappa shape index (κ2) is 7.26. The summed E-state index contributed by atoms with van der Waals surface area (Å²) in [6.07, 6.45) is 5.56. The standard InChI is InChI=1S/C17H20N2O5S/c1-19(10-6-4-3-5-7-10)17(22)18-14-9-12-13(25-14)8-11(15(20)23-2)16(21)24-12/h8-10H,3-7H2,1-2H3,(H,18,22). The maximum Gasteiger partial charge on any atom is 0.351 e. The van der Waals surface area contributed by atoms with Crippen molar-refractivity contribution >= 4 is 38.6 Å². The van der Waals surface area contributed by atoms with Gasteiger partial charge in [0.25, 0.3) is 0 Å². The zero-order valence-electron chi connectivity index (χ0n) is 14.2. The van der Waals surface area contributed by atoms with Crippen LogP contribution in [0.4, 0.5) is 9.80 Å². The third-order valence-corrected chi connectivity index (χ3v) is 5.48. The number of rotatable bonds is 3. The molecule has 134 valence electrons. The Balaban J connectivity index is 1.78. The number of ether oxygens (including phenoxy) is 1. The Hall–Kier alpha value is -2.35. The van der Waals surface area contributed by atoms with Crippen LogP contribution in [0, 0.1) is 0 Å². The van der Waals surface area contributed by atoms with Crippen LogP contribution in [0.15, 0.2) is 21.3 Å². The van der Waals surface area contributed by atoms with Gasteiger partial charge in [-0.3, -0.25) is 5.32 Å². The van der Waals surface area contributed by atoms with Crippen LogP contribution in [0.3, 0.4) is 0 Å². The van der Waals surface area contributed by atoms with E-state index in [-0.39, 0.29) is 17.6 Å². The molecule has 3 rings (SSSR count). The van der Waals surface area contributed by atoms with Crippen molar-refractivity contribution in [3.63, 3.8) is 0 Å². The summed E-state index contributed by atoms with van der Waals surface area (Å²) in [7, 11) is 3.00. The first-order chi connectivity index (χ1) is 12.0. The summed E-state index contributed by atoms with van der Waals surface area (Å²) in [4.78, 5) is 37.6. The summed E-state index contributed by atoms with van der Waals surface area (Å²) in [6, 6.07) is 3.09. The molecule has 25 heavy (non-hydrogen) atoms. The number of nitrogens with one attached hydrogen (secondary N) is 1. The van der Waals surface area contributed by atoms with E-state index in [0.29, 0.717) is 15.3 Å². The lowest BCUT2D eigenvalue weighted by molar-refractivity contribution is 0.0596. The van der Waals surface area contributed by atoms with Crippen molar-refractivity contribution in [3.05, 3.63) is 28.1 Å². The Morgan fingerprint density at radius 3 is 2.68 bits per heavy atom. The van der Waals surface area contributed by atoms with E-state index in [1.165, 1.54) is 30.9 Å². The highest BCUT2D eigenvalue weighted by Crippen LogP contribution is 2.30. The van der Waals surface area contributed by atoms with Crippen LogP contribution in [-0.4, -0.2) is 37.1 Å². The van der Waals surface area contributed by atoms with Gasteiger partial charge >= 0.3 is 17.6 Å². The fraction of sp³-hybridized carbons (Fsp3) is 0.471. The molecule has 0 radical (unpaired) electrons. The van der Waals surface area contributed by atoms with E-state index in [9.17, 15) is 14.4 Å². The zero-order chi connectivity index (χ0) is 18.0. The topological polar surface area (TPSA) is 88.8 Å². The van der Waals surface area contributed by atoms with Crippen LogP contribution in [0.25, 0.3) is 10.3 Å². The van der Waals surface area contributed by atoms with E-state index in [2.05, 4.69) is 10.1 Å². The zero-order valence-corrected chi connectivity index (χ0v) is 15.0. The van der Waals surface area contributed by atoms with Gasteiger partial charge in [-0.05, 0) is 18.9 Å². The lowest BCUT2D eigenvalue weighted by Crippen LogP contribution is -2.40. The van der Waals surface area contributed by atoms with Crippen molar-refractivity contribution in [1.82, 2.24) is 4.90 Å². The molecule has 1 saturated carbocycles. The summed E-state index contributed by atoms with van der Waals surface area (Å²) in [6.45, 7) is 0. The Labute approximate surface area is 148 Å². The maximum atomic E-state index is 12.4. The van der Waals surface area contributed by atoms with Gasteiger partial charge in [0.1, 0.15) is 10.6 Å². The van der Waals surface area contributed by atoms with Crippen LogP contribution in [0.2, 0.25) is 0 Å². The van der Waals surface area contributed by atoms with Crippen LogP contribution >= 0.6 is 11.3 Å². The predicted octanol–water partition coefficient (Wildman–Crippen LogP) is 3.44. The number of hydrogen-bond donors (Lipinski definition) is 1. The summed E-state index contributed by atoms with van der Waals surface area (Å²) >= 11 is 1.24. The minimum atomic E-state index is -0.755. The Morgan fingerprint density at radius 1 is 1.28 bits per heavy atom. The molecule has 2 amide bonds. The van der Waals surface area contributed by atoms with Gasteiger partial charge in [0, 0.05) is 19.2 Å². The highest BCUT2D eigenvalue weighted by molar-refractivity contribution is 7.22. The highest BCUT2D eigenvalue weighted by Gasteiger charge is 2.23. The molecule has 0 unspecified atom stereocenters. The summed E-state index contributed by atoms with van der Waals surface area (Å²) in [5.41, 5.74) is -0.582. The fourth-order valence-corrected chi connectivity index (χ4v) is 3.97. The molecule has 8 heteroatoms. The van der Waals surface area contributed by atoms with Gasteiger partial charge in [-0.25, -0.2) is 14.4 Å². The molecule has 1 N–H and O–H groups in total. The first-order valence-corrected chi connectivity index (χ1v) is 9.01. The molecule has 2 aromatic rings. The quantitative estimate of drug-likeness (QED) is 0.843. The number of nitrogens with zero attached hydrogens (tertiary/aromatic N) is 1. The number of hydrogen-bond acceptors (Lipinski definition) is 6. The molecule has 1 aliphatic rings. The first-order valence-electron chi connectivity index (χ1n) is 8.19. The van der Waals surface area contributed by atoms with Gasteiger partial charge in [-0.1, -0.05) is 19.3 Å². The largest absolute Gasteiger partial charge is 0.465 e. The molecule has 0 bridgehead atoms. The number of carbonyl (C=O) groups is 2. The molecule has 0 aromatic carbocycles. The SMILES string of the molecule is COC(=O)c1cc2sc(NC(=O)N(C)C3CCCCC3)cc2oc1=O. The molecule has 0 atom stereocenters. The van der Waals surface area contributed by atoms with Gasteiger partial charge in [0.15, 0.2) is 5.58 Å². The fourth-order valence-electron chi connectivity index (χ4n) is 3.06. The number of methoxy groups -OCH3 is 1. The van der Waals surface area contributed by atoms with E-state index in [0.717, 1.165) is 25.7 Å². The predicted molar refractivity (Wildman–Crippen MR) is 95.4 cm³/mol. The molecule has 1 aliphatic carbocycles. The number of carbonyl (C=O) groups excluding carboxylic acids is 2. The van der Waals surface area contributed by atoms with Crippen molar-refractivity contribution in [1.29, 1.82) is 0 Å². The summed E-state index contributed by atoms with van der Waals surface area (Å²) < 4.78 is 10.3. The van der Waals surface area contributed by atoms with E-state index >= 15 is 0 Å². The van der Waals surface area contributed by atoms with Crippen LogP contribution in [-0.2, 0) is 4.74 Å². The van der Waals surface area contributed by atoms with Crippen molar-refractivity contribution in [3.8, 4) is 0 Å². The lowest BCUT2D eigenvalue weighted by Gasteiger charge is -2.31. The van der Waals surface area contributed by atoms with E-state index in [1.54, 1.807) is 18.0 Å². The highest BCUT2D eigenvalue weighted by atomic mass is 32.1. The maximum absolute atomic E-state index is 12.4. The van der Waals surface area contributed by atoms with Crippen molar-refractivity contribution in [2.75, 3.05) is 19.5 Å².